The zero-order chi connectivity index (χ0) is 14.1. The molecule has 1 N–H and O–H groups in total. The number of ether oxygens (including phenoxy) is 1. The number of rotatable bonds is 2. The van der Waals surface area contributed by atoms with Gasteiger partial charge in [-0.2, -0.15) is 0 Å². The first-order chi connectivity index (χ1) is 9.70. The van der Waals surface area contributed by atoms with Crippen molar-refractivity contribution >= 4 is 23.1 Å². The second-order valence-electron chi connectivity index (χ2n) is 4.73. The van der Waals surface area contributed by atoms with Gasteiger partial charge in [0.05, 0.1) is 23.9 Å². The van der Waals surface area contributed by atoms with Crippen LogP contribution in [0, 0.1) is 6.92 Å². The molecule has 0 fully saturated rings. The van der Waals surface area contributed by atoms with Crippen LogP contribution in [-0.2, 0) is 6.61 Å². The predicted octanol–water partition coefficient (Wildman–Crippen LogP) is 3.07. The number of pyridine rings is 1. The number of nitrogens with zero attached hydrogens (tertiary/aromatic N) is 2. The van der Waals surface area contributed by atoms with Crippen LogP contribution in [0.15, 0.2) is 30.5 Å². The summed E-state index contributed by atoms with van der Waals surface area (Å²) in [6.45, 7) is 3.25. The van der Waals surface area contributed by atoms with Crippen LogP contribution in [0.5, 0.6) is 5.75 Å². The zero-order valence-corrected chi connectivity index (χ0v) is 11.9. The largest absolute Gasteiger partial charge is 0.489 e. The number of para-hydroxylation sites is 1. The lowest BCUT2D eigenvalue weighted by Crippen LogP contribution is -2.29. The first kappa shape index (κ1) is 13.2. The van der Waals surface area contributed by atoms with Crippen LogP contribution in [0.4, 0.5) is 11.5 Å². The molecule has 20 heavy (non-hydrogen) atoms. The van der Waals surface area contributed by atoms with Gasteiger partial charge in [-0.05, 0) is 30.2 Å². The third-order valence-corrected chi connectivity index (χ3v) is 3.64. The van der Waals surface area contributed by atoms with Crippen molar-refractivity contribution < 1.29 is 9.84 Å². The van der Waals surface area contributed by atoms with Crippen molar-refractivity contribution in [3.8, 4) is 5.75 Å². The highest BCUT2D eigenvalue weighted by Crippen LogP contribution is 2.40. The number of fused-ring (bicyclic) bond motifs is 1. The molecule has 0 atom stereocenters. The van der Waals surface area contributed by atoms with Crippen molar-refractivity contribution in [1.29, 1.82) is 0 Å². The van der Waals surface area contributed by atoms with Crippen LogP contribution in [0.1, 0.15) is 11.1 Å². The van der Waals surface area contributed by atoms with E-state index in [1.165, 1.54) is 0 Å². The van der Waals surface area contributed by atoms with Gasteiger partial charge in [-0.15, -0.1) is 0 Å². The maximum absolute atomic E-state index is 9.13. The Kier molecular flexibility index (Phi) is 3.51. The number of benzene rings is 1. The third kappa shape index (κ3) is 2.21. The highest BCUT2D eigenvalue weighted by Gasteiger charge is 2.23. The molecule has 0 saturated heterocycles. The summed E-state index contributed by atoms with van der Waals surface area (Å²) in [7, 11) is 0. The van der Waals surface area contributed by atoms with Gasteiger partial charge < -0.3 is 14.7 Å². The summed E-state index contributed by atoms with van der Waals surface area (Å²) >= 11 is 6.29. The van der Waals surface area contributed by atoms with Gasteiger partial charge in [-0.25, -0.2) is 4.98 Å². The van der Waals surface area contributed by atoms with E-state index in [1.54, 1.807) is 12.3 Å². The number of aliphatic hydroxyl groups is 1. The fourth-order valence-corrected chi connectivity index (χ4v) is 2.66. The molecule has 1 aliphatic heterocycles. The normalized spacial score (nSPS) is 13.8. The Bertz CT molecular complexity index is 646. The minimum absolute atomic E-state index is 0.0637. The number of halogens is 1. The quantitative estimate of drug-likeness (QED) is 0.923. The number of anilines is 2. The van der Waals surface area contributed by atoms with Crippen LogP contribution in [-0.4, -0.2) is 23.2 Å². The van der Waals surface area contributed by atoms with E-state index < -0.39 is 0 Å². The third-order valence-electron chi connectivity index (χ3n) is 3.36. The van der Waals surface area contributed by atoms with Crippen LogP contribution in [0.3, 0.4) is 0 Å². The topological polar surface area (TPSA) is 45.6 Å². The molecule has 0 spiro atoms. The Labute approximate surface area is 122 Å². The van der Waals surface area contributed by atoms with Crippen molar-refractivity contribution in [3.63, 3.8) is 0 Å². The summed E-state index contributed by atoms with van der Waals surface area (Å²) in [5.74, 6) is 1.57. The maximum atomic E-state index is 9.13. The summed E-state index contributed by atoms with van der Waals surface area (Å²) < 4.78 is 5.74. The standard InChI is InChI=1S/C15H15ClN2O2/c1-10-3-2-4-13-14(10)20-6-5-18(13)15-12(16)7-11(9-19)8-17-15/h2-4,7-8,19H,5-6,9H2,1H3. The highest BCUT2D eigenvalue weighted by atomic mass is 35.5. The van der Waals surface area contributed by atoms with E-state index in [9.17, 15) is 0 Å². The maximum Gasteiger partial charge on any atom is 0.152 e. The molecule has 4 nitrogen and oxygen atoms in total. The van der Waals surface area contributed by atoms with Crippen molar-refractivity contribution in [1.82, 2.24) is 4.98 Å². The molecule has 0 unspecified atom stereocenters. The summed E-state index contributed by atoms with van der Waals surface area (Å²) in [4.78, 5) is 6.43. The molecule has 3 rings (SSSR count). The number of aliphatic hydroxyl groups excluding tert-OH is 1. The molecule has 0 radical (unpaired) electrons. The lowest BCUT2D eigenvalue weighted by atomic mass is 10.1. The first-order valence-electron chi connectivity index (χ1n) is 6.46. The van der Waals surface area contributed by atoms with E-state index >= 15 is 0 Å². The van der Waals surface area contributed by atoms with Crippen LogP contribution in [0.25, 0.3) is 0 Å². The fraction of sp³-hybridized carbons (Fsp3) is 0.267. The zero-order valence-electron chi connectivity index (χ0n) is 11.1. The molecular formula is C15H15ClN2O2. The molecule has 2 aromatic rings. The molecule has 1 aliphatic rings. The average molecular weight is 291 g/mol. The molecule has 0 aliphatic carbocycles. The van der Waals surface area contributed by atoms with Crippen LogP contribution in [0.2, 0.25) is 5.02 Å². The van der Waals surface area contributed by atoms with Gasteiger partial charge in [0.15, 0.2) is 5.82 Å². The molecule has 0 amide bonds. The molecule has 5 heteroatoms. The summed E-state index contributed by atoms with van der Waals surface area (Å²) in [6, 6.07) is 7.76. The van der Waals surface area contributed by atoms with Crippen molar-refractivity contribution in [2.24, 2.45) is 0 Å². The monoisotopic (exact) mass is 290 g/mol. The van der Waals surface area contributed by atoms with Gasteiger partial charge in [-0.1, -0.05) is 23.7 Å². The van der Waals surface area contributed by atoms with Crippen molar-refractivity contribution in [2.45, 2.75) is 13.5 Å². The molecule has 0 saturated carbocycles. The molecule has 104 valence electrons. The van der Waals surface area contributed by atoms with E-state index in [0.29, 0.717) is 29.6 Å². The Morgan fingerprint density at radius 3 is 3.05 bits per heavy atom. The van der Waals surface area contributed by atoms with Crippen LogP contribution >= 0.6 is 11.6 Å². The highest BCUT2D eigenvalue weighted by molar-refractivity contribution is 6.33. The van der Waals surface area contributed by atoms with Crippen molar-refractivity contribution in [3.05, 3.63) is 46.6 Å². The van der Waals surface area contributed by atoms with E-state index in [4.69, 9.17) is 21.4 Å². The van der Waals surface area contributed by atoms with Gasteiger partial charge in [0.1, 0.15) is 12.4 Å². The first-order valence-corrected chi connectivity index (χ1v) is 6.83. The van der Waals surface area contributed by atoms with Gasteiger partial charge in [0.25, 0.3) is 0 Å². The summed E-state index contributed by atoms with van der Waals surface area (Å²) in [5.41, 5.74) is 2.77. The van der Waals surface area contributed by atoms with E-state index in [1.807, 2.05) is 25.1 Å². The van der Waals surface area contributed by atoms with Gasteiger partial charge in [-0.3, -0.25) is 0 Å². The van der Waals surface area contributed by atoms with Gasteiger partial charge in [0.2, 0.25) is 0 Å². The minimum Gasteiger partial charge on any atom is -0.489 e. The smallest absolute Gasteiger partial charge is 0.152 e. The minimum atomic E-state index is -0.0637. The van der Waals surface area contributed by atoms with E-state index in [2.05, 4.69) is 9.88 Å². The summed E-state index contributed by atoms with van der Waals surface area (Å²) in [5, 5.41) is 9.66. The Hall–Kier alpha value is -1.78. The summed E-state index contributed by atoms with van der Waals surface area (Å²) in [6.07, 6.45) is 1.64. The van der Waals surface area contributed by atoms with E-state index in [-0.39, 0.29) is 6.61 Å². The number of aryl methyl sites for hydroxylation is 1. The Morgan fingerprint density at radius 1 is 1.45 bits per heavy atom. The number of aromatic nitrogens is 1. The van der Waals surface area contributed by atoms with Gasteiger partial charge >= 0.3 is 0 Å². The van der Waals surface area contributed by atoms with Crippen LogP contribution < -0.4 is 9.64 Å². The molecule has 0 bridgehead atoms. The van der Waals surface area contributed by atoms with E-state index in [0.717, 1.165) is 17.0 Å². The van der Waals surface area contributed by atoms with Crippen molar-refractivity contribution in [2.75, 3.05) is 18.1 Å². The second kappa shape index (κ2) is 5.31. The Balaban J connectivity index is 2.07. The SMILES string of the molecule is Cc1cccc2c1OCCN2c1ncc(CO)cc1Cl. The molecule has 2 heterocycles. The predicted molar refractivity (Wildman–Crippen MR) is 78.8 cm³/mol. The number of hydrogen-bond donors (Lipinski definition) is 1. The number of hydrogen-bond acceptors (Lipinski definition) is 4. The molecule has 1 aromatic heterocycles. The fourth-order valence-electron chi connectivity index (χ4n) is 2.37. The lowest BCUT2D eigenvalue weighted by molar-refractivity contribution is 0.281. The van der Waals surface area contributed by atoms with Gasteiger partial charge in [0, 0.05) is 6.20 Å². The second-order valence-corrected chi connectivity index (χ2v) is 5.14. The molecule has 1 aromatic carbocycles. The lowest BCUT2D eigenvalue weighted by Gasteiger charge is -2.31. The Morgan fingerprint density at radius 2 is 2.30 bits per heavy atom. The average Bonchev–Trinajstić information content (AvgIpc) is 2.47. The molecular weight excluding hydrogens is 276 g/mol.